The van der Waals surface area contributed by atoms with E-state index in [0.29, 0.717) is 6.04 Å². The largest absolute Gasteiger partial charge is 0.292 e. The van der Waals surface area contributed by atoms with Crippen LogP contribution in [0.25, 0.3) is 5.82 Å². The van der Waals surface area contributed by atoms with E-state index >= 15 is 0 Å². The lowest BCUT2D eigenvalue weighted by Crippen LogP contribution is -2.36. The van der Waals surface area contributed by atoms with Crippen molar-refractivity contribution in [2.75, 3.05) is 6.54 Å². The highest BCUT2D eigenvalue weighted by Crippen LogP contribution is 2.36. The predicted octanol–water partition coefficient (Wildman–Crippen LogP) is 3.13. The van der Waals surface area contributed by atoms with Gasteiger partial charge >= 0.3 is 0 Å². The van der Waals surface area contributed by atoms with Crippen LogP contribution in [0.3, 0.4) is 0 Å². The highest BCUT2D eigenvalue weighted by molar-refractivity contribution is 5.21. The van der Waals surface area contributed by atoms with Crippen LogP contribution < -0.4 is 0 Å². The molecular formula is C17H23N5. The van der Waals surface area contributed by atoms with E-state index in [1.54, 1.807) is 12.5 Å². The van der Waals surface area contributed by atoms with E-state index in [4.69, 9.17) is 4.98 Å². The first-order chi connectivity index (χ1) is 10.9. The van der Waals surface area contributed by atoms with E-state index in [1.807, 2.05) is 23.2 Å². The molecule has 0 radical (unpaired) electrons. The average molecular weight is 297 g/mol. The first-order valence-electron chi connectivity index (χ1n) is 8.48. The summed E-state index contributed by atoms with van der Waals surface area (Å²) in [5, 5.41) is 0. The van der Waals surface area contributed by atoms with Crippen molar-refractivity contribution in [3.63, 3.8) is 0 Å². The standard InChI is InChI=1S/C17H23N5/c1-2-5-14(6-3-1)22-9-4-7-16(22)15-11-19-12-17(20-15)21-10-8-18-13-21/h8,10-14,16H,1-7,9H2. The molecule has 0 aromatic carbocycles. The Balaban J connectivity index is 1.59. The van der Waals surface area contributed by atoms with E-state index < -0.39 is 0 Å². The fourth-order valence-electron chi connectivity index (χ4n) is 4.01. The Hall–Kier alpha value is -1.75. The third kappa shape index (κ3) is 2.65. The van der Waals surface area contributed by atoms with Gasteiger partial charge in [0.1, 0.15) is 6.33 Å². The van der Waals surface area contributed by atoms with Crippen molar-refractivity contribution in [2.45, 2.75) is 57.0 Å². The number of imidazole rings is 1. The molecule has 0 amide bonds. The van der Waals surface area contributed by atoms with Crippen molar-refractivity contribution in [3.8, 4) is 5.82 Å². The first-order valence-corrected chi connectivity index (χ1v) is 8.48. The van der Waals surface area contributed by atoms with Gasteiger partial charge in [-0.25, -0.2) is 9.97 Å². The van der Waals surface area contributed by atoms with Gasteiger partial charge in [-0.05, 0) is 32.2 Å². The number of likely N-dealkylation sites (tertiary alicyclic amines) is 1. The molecule has 2 aliphatic rings. The summed E-state index contributed by atoms with van der Waals surface area (Å²) in [5.74, 6) is 0.866. The molecule has 116 valence electrons. The molecule has 1 aliphatic carbocycles. The minimum absolute atomic E-state index is 0.444. The lowest BCUT2D eigenvalue weighted by atomic mass is 9.93. The Morgan fingerprint density at radius 1 is 0.955 bits per heavy atom. The topological polar surface area (TPSA) is 46.8 Å². The van der Waals surface area contributed by atoms with E-state index in [2.05, 4.69) is 14.9 Å². The van der Waals surface area contributed by atoms with Gasteiger partial charge in [0.2, 0.25) is 0 Å². The predicted molar refractivity (Wildman–Crippen MR) is 84.7 cm³/mol. The van der Waals surface area contributed by atoms with Gasteiger partial charge in [-0.3, -0.25) is 14.5 Å². The molecule has 1 saturated heterocycles. The van der Waals surface area contributed by atoms with Crippen molar-refractivity contribution in [1.82, 2.24) is 24.4 Å². The number of hydrogen-bond acceptors (Lipinski definition) is 4. The van der Waals surface area contributed by atoms with E-state index in [9.17, 15) is 0 Å². The minimum atomic E-state index is 0.444. The number of hydrogen-bond donors (Lipinski definition) is 0. The molecule has 1 saturated carbocycles. The van der Waals surface area contributed by atoms with Gasteiger partial charge in [0.05, 0.1) is 24.1 Å². The molecule has 1 aliphatic heterocycles. The molecule has 0 N–H and O–H groups in total. The van der Waals surface area contributed by atoms with Gasteiger partial charge < -0.3 is 0 Å². The van der Waals surface area contributed by atoms with Gasteiger partial charge in [-0.2, -0.15) is 0 Å². The number of rotatable bonds is 3. The van der Waals surface area contributed by atoms with Gasteiger partial charge in [0, 0.05) is 18.4 Å². The summed E-state index contributed by atoms with van der Waals surface area (Å²) in [7, 11) is 0. The summed E-state index contributed by atoms with van der Waals surface area (Å²) >= 11 is 0. The van der Waals surface area contributed by atoms with Gasteiger partial charge in [0.15, 0.2) is 5.82 Å². The Bertz CT molecular complexity index is 603. The zero-order chi connectivity index (χ0) is 14.8. The number of aromatic nitrogens is 4. The summed E-state index contributed by atoms with van der Waals surface area (Å²) in [6.07, 6.45) is 18.6. The molecule has 0 bridgehead atoms. The maximum absolute atomic E-state index is 4.86. The van der Waals surface area contributed by atoms with Crippen molar-refractivity contribution >= 4 is 0 Å². The molecule has 2 aromatic heterocycles. The Kier molecular flexibility index (Phi) is 3.89. The van der Waals surface area contributed by atoms with Crippen molar-refractivity contribution in [1.29, 1.82) is 0 Å². The first kappa shape index (κ1) is 13.9. The van der Waals surface area contributed by atoms with Crippen LogP contribution in [0.1, 0.15) is 56.7 Å². The lowest BCUT2D eigenvalue weighted by Gasteiger charge is -2.35. The quantitative estimate of drug-likeness (QED) is 0.873. The van der Waals surface area contributed by atoms with Gasteiger partial charge in [0.25, 0.3) is 0 Å². The third-order valence-corrected chi connectivity index (χ3v) is 5.09. The highest BCUT2D eigenvalue weighted by atomic mass is 15.2. The maximum Gasteiger partial charge on any atom is 0.156 e. The van der Waals surface area contributed by atoms with Gasteiger partial charge in [-0.15, -0.1) is 0 Å². The SMILES string of the molecule is c1cn(-c2cncc(C3CCCN3C3CCCCC3)n2)cn1. The molecule has 2 aromatic rings. The van der Waals surface area contributed by atoms with E-state index in [-0.39, 0.29) is 0 Å². The fraction of sp³-hybridized carbons (Fsp3) is 0.588. The Morgan fingerprint density at radius 2 is 1.86 bits per heavy atom. The summed E-state index contributed by atoms with van der Waals surface area (Å²) in [6, 6.07) is 1.19. The molecular weight excluding hydrogens is 274 g/mol. The minimum Gasteiger partial charge on any atom is -0.292 e. The summed E-state index contributed by atoms with van der Waals surface area (Å²) in [4.78, 5) is 16.1. The molecule has 0 spiro atoms. The monoisotopic (exact) mass is 297 g/mol. The molecule has 3 heterocycles. The van der Waals surface area contributed by atoms with Crippen molar-refractivity contribution in [2.24, 2.45) is 0 Å². The van der Waals surface area contributed by atoms with Crippen LogP contribution >= 0.6 is 0 Å². The summed E-state index contributed by atoms with van der Waals surface area (Å²) in [6.45, 7) is 1.21. The maximum atomic E-state index is 4.86. The molecule has 22 heavy (non-hydrogen) atoms. The second-order valence-electron chi connectivity index (χ2n) is 6.46. The van der Waals surface area contributed by atoms with Crippen LogP contribution in [0, 0.1) is 0 Å². The molecule has 5 nitrogen and oxygen atoms in total. The van der Waals surface area contributed by atoms with Crippen molar-refractivity contribution in [3.05, 3.63) is 36.8 Å². The summed E-state index contributed by atoms with van der Waals surface area (Å²) in [5.41, 5.74) is 1.12. The second-order valence-corrected chi connectivity index (χ2v) is 6.46. The molecule has 1 atom stereocenters. The lowest BCUT2D eigenvalue weighted by molar-refractivity contribution is 0.140. The Labute approximate surface area is 131 Å². The number of nitrogens with zero attached hydrogens (tertiary/aromatic N) is 5. The van der Waals surface area contributed by atoms with Crippen LogP contribution in [0.5, 0.6) is 0 Å². The molecule has 4 rings (SSSR count). The smallest absolute Gasteiger partial charge is 0.156 e. The van der Waals surface area contributed by atoms with Crippen molar-refractivity contribution < 1.29 is 0 Å². The summed E-state index contributed by atoms with van der Waals surface area (Å²) < 4.78 is 1.93. The highest BCUT2D eigenvalue weighted by Gasteiger charge is 2.33. The van der Waals surface area contributed by atoms with Crippen LogP contribution in [-0.4, -0.2) is 37.0 Å². The second kappa shape index (κ2) is 6.16. The average Bonchev–Trinajstić information content (AvgIpc) is 3.27. The van der Waals surface area contributed by atoms with Crippen LogP contribution in [-0.2, 0) is 0 Å². The third-order valence-electron chi connectivity index (χ3n) is 5.09. The normalized spacial score (nSPS) is 23.9. The van der Waals surface area contributed by atoms with Crippen LogP contribution in [0.15, 0.2) is 31.1 Å². The van der Waals surface area contributed by atoms with E-state index in [0.717, 1.165) is 17.6 Å². The van der Waals surface area contributed by atoms with Gasteiger partial charge in [-0.1, -0.05) is 19.3 Å². The zero-order valence-corrected chi connectivity index (χ0v) is 12.9. The molecule has 1 unspecified atom stereocenters. The van der Waals surface area contributed by atoms with Crippen LogP contribution in [0.2, 0.25) is 0 Å². The van der Waals surface area contributed by atoms with E-state index in [1.165, 1.54) is 51.5 Å². The molecule has 5 heteroatoms. The zero-order valence-electron chi connectivity index (χ0n) is 12.9. The fourth-order valence-corrected chi connectivity index (χ4v) is 4.01. The Morgan fingerprint density at radius 3 is 2.68 bits per heavy atom. The van der Waals surface area contributed by atoms with Crippen LogP contribution in [0.4, 0.5) is 0 Å². The molecule has 2 fully saturated rings.